The summed E-state index contributed by atoms with van der Waals surface area (Å²) in [5.74, 6) is 0.655. The molecule has 0 radical (unpaired) electrons. The number of carbonyl (C=O) groups excluding carboxylic acids is 1. The molecule has 0 bridgehead atoms. The lowest BCUT2D eigenvalue weighted by Crippen LogP contribution is -2.57. The lowest BCUT2D eigenvalue weighted by atomic mass is 9.84. The molecule has 0 unspecified atom stereocenters. The summed E-state index contributed by atoms with van der Waals surface area (Å²) >= 11 is 0. The molecule has 2 saturated heterocycles. The lowest BCUT2D eigenvalue weighted by molar-refractivity contribution is 0.0532. The standard InChI is InChI=1S/C16H32N4O2/c1-18(11-12-22-3)10-7-17-16(21)20-8-4-5-14-13-19(2)9-6-15(14)20/h14-15H,4-13H2,1-3H3,(H,17,21)/t14-,15-/m0/s1. The van der Waals surface area contributed by atoms with Crippen LogP contribution in [0.1, 0.15) is 19.3 Å². The highest BCUT2D eigenvalue weighted by atomic mass is 16.5. The van der Waals surface area contributed by atoms with Gasteiger partial charge in [-0.25, -0.2) is 4.79 Å². The van der Waals surface area contributed by atoms with Gasteiger partial charge in [0.2, 0.25) is 0 Å². The predicted octanol–water partition coefficient (Wildman–Crippen LogP) is 0.690. The molecule has 2 aliphatic rings. The maximum atomic E-state index is 12.5. The number of methoxy groups -OCH3 is 1. The van der Waals surface area contributed by atoms with E-state index < -0.39 is 0 Å². The van der Waals surface area contributed by atoms with Gasteiger partial charge in [-0.2, -0.15) is 0 Å². The molecular formula is C16H32N4O2. The van der Waals surface area contributed by atoms with E-state index in [0.717, 1.165) is 52.2 Å². The molecule has 2 amide bonds. The Morgan fingerprint density at radius 2 is 2.14 bits per heavy atom. The van der Waals surface area contributed by atoms with Crippen LogP contribution in [0.15, 0.2) is 0 Å². The molecule has 6 heteroatoms. The van der Waals surface area contributed by atoms with Gasteiger partial charge >= 0.3 is 6.03 Å². The second kappa shape index (κ2) is 8.70. The van der Waals surface area contributed by atoms with E-state index in [2.05, 4.69) is 34.1 Å². The van der Waals surface area contributed by atoms with Crippen molar-refractivity contribution in [3.05, 3.63) is 0 Å². The lowest BCUT2D eigenvalue weighted by Gasteiger charge is -2.46. The number of likely N-dealkylation sites (N-methyl/N-ethyl adjacent to an activating group) is 1. The first-order valence-corrected chi connectivity index (χ1v) is 8.52. The van der Waals surface area contributed by atoms with Crippen molar-refractivity contribution < 1.29 is 9.53 Å². The molecule has 1 N–H and O–H groups in total. The molecule has 2 aliphatic heterocycles. The van der Waals surface area contributed by atoms with Gasteiger partial charge in [0.05, 0.1) is 6.61 Å². The molecule has 2 fully saturated rings. The molecule has 2 atom stereocenters. The molecule has 0 aliphatic carbocycles. The van der Waals surface area contributed by atoms with E-state index in [1.807, 2.05) is 0 Å². The first kappa shape index (κ1) is 17.5. The molecule has 0 aromatic heterocycles. The van der Waals surface area contributed by atoms with Gasteiger partial charge in [-0.3, -0.25) is 0 Å². The maximum Gasteiger partial charge on any atom is 0.317 e. The largest absolute Gasteiger partial charge is 0.383 e. The SMILES string of the molecule is COCCN(C)CCNC(=O)N1CCC[C@H]2CN(C)CC[C@@H]21. The third kappa shape index (κ3) is 4.83. The van der Waals surface area contributed by atoms with Crippen molar-refractivity contribution >= 4 is 6.03 Å². The topological polar surface area (TPSA) is 48.1 Å². The number of nitrogens with zero attached hydrogens (tertiary/aromatic N) is 3. The summed E-state index contributed by atoms with van der Waals surface area (Å²) in [7, 11) is 5.95. The first-order chi connectivity index (χ1) is 10.6. The number of amides is 2. The molecule has 128 valence electrons. The minimum atomic E-state index is 0.124. The van der Waals surface area contributed by atoms with E-state index in [4.69, 9.17) is 4.74 Å². The van der Waals surface area contributed by atoms with Gasteiger partial charge in [0, 0.05) is 45.9 Å². The van der Waals surface area contributed by atoms with E-state index in [0.29, 0.717) is 18.5 Å². The summed E-state index contributed by atoms with van der Waals surface area (Å²) in [4.78, 5) is 19.2. The summed E-state index contributed by atoms with van der Waals surface area (Å²) in [6, 6.07) is 0.565. The van der Waals surface area contributed by atoms with Gasteiger partial charge in [0.15, 0.2) is 0 Å². The highest BCUT2D eigenvalue weighted by Crippen LogP contribution is 2.29. The van der Waals surface area contributed by atoms with Crippen LogP contribution in [0.25, 0.3) is 0 Å². The Morgan fingerprint density at radius 1 is 1.32 bits per heavy atom. The number of urea groups is 1. The molecule has 2 rings (SSSR count). The number of likely N-dealkylation sites (tertiary alicyclic amines) is 2. The fourth-order valence-corrected chi connectivity index (χ4v) is 3.65. The van der Waals surface area contributed by atoms with Crippen LogP contribution in [0.3, 0.4) is 0 Å². The molecular weight excluding hydrogens is 280 g/mol. The summed E-state index contributed by atoms with van der Waals surface area (Å²) in [6.45, 7) is 6.34. The third-order valence-electron chi connectivity index (χ3n) is 4.98. The molecule has 0 aromatic rings. The number of hydrogen-bond acceptors (Lipinski definition) is 4. The van der Waals surface area contributed by atoms with E-state index in [-0.39, 0.29) is 6.03 Å². The van der Waals surface area contributed by atoms with Gasteiger partial charge in [-0.15, -0.1) is 0 Å². The summed E-state index contributed by atoms with van der Waals surface area (Å²) in [5.41, 5.74) is 0. The minimum Gasteiger partial charge on any atom is -0.383 e. The van der Waals surface area contributed by atoms with Crippen molar-refractivity contribution in [2.45, 2.75) is 25.3 Å². The Kier molecular flexibility index (Phi) is 6.92. The van der Waals surface area contributed by atoms with E-state index in [9.17, 15) is 4.79 Å². The van der Waals surface area contributed by atoms with Crippen LogP contribution in [0.5, 0.6) is 0 Å². The monoisotopic (exact) mass is 312 g/mol. The number of piperidine rings is 2. The highest BCUT2D eigenvalue weighted by molar-refractivity contribution is 5.74. The summed E-state index contributed by atoms with van der Waals surface area (Å²) in [6.07, 6.45) is 3.51. The molecule has 0 spiro atoms. The van der Waals surface area contributed by atoms with Crippen LogP contribution in [0.2, 0.25) is 0 Å². The molecule has 22 heavy (non-hydrogen) atoms. The van der Waals surface area contributed by atoms with Crippen molar-refractivity contribution in [2.75, 3.05) is 67.1 Å². The molecule has 0 saturated carbocycles. The predicted molar refractivity (Wildman–Crippen MR) is 88.1 cm³/mol. The minimum absolute atomic E-state index is 0.124. The quantitative estimate of drug-likeness (QED) is 0.784. The van der Waals surface area contributed by atoms with Crippen LogP contribution in [0.4, 0.5) is 4.79 Å². The van der Waals surface area contributed by atoms with E-state index >= 15 is 0 Å². The summed E-state index contributed by atoms with van der Waals surface area (Å²) in [5, 5.41) is 3.09. The first-order valence-electron chi connectivity index (χ1n) is 8.52. The van der Waals surface area contributed by atoms with Crippen LogP contribution < -0.4 is 5.32 Å². The fourth-order valence-electron chi connectivity index (χ4n) is 3.65. The van der Waals surface area contributed by atoms with Crippen molar-refractivity contribution in [1.82, 2.24) is 20.0 Å². The number of rotatable bonds is 6. The van der Waals surface area contributed by atoms with Gasteiger partial charge in [-0.05, 0) is 45.8 Å². The Morgan fingerprint density at radius 3 is 2.91 bits per heavy atom. The Balaban J connectivity index is 1.74. The zero-order valence-corrected chi connectivity index (χ0v) is 14.4. The van der Waals surface area contributed by atoms with Crippen LogP contribution in [-0.2, 0) is 4.74 Å². The van der Waals surface area contributed by atoms with Gasteiger partial charge in [-0.1, -0.05) is 0 Å². The van der Waals surface area contributed by atoms with Crippen LogP contribution in [0, 0.1) is 5.92 Å². The van der Waals surface area contributed by atoms with Crippen molar-refractivity contribution in [2.24, 2.45) is 5.92 Å². The normalized spacial score (nSPS) is 26.1. The average molecular weight is 312 g/mol. The molecule has 2 heterocycles. The molecule has 0 aromatic carbocycles. The van der Waals surface area contributed by atoms with Crippen LogP contribution in [-0.4, -0.2) is 93.9 Å². The Hall–Kier alpha value is -0.850. The number of hydrogen-bond donors (Lipinski definition) is 1. The third-order valence-corrected chi connectivity index (χ3v) is 4.98. The average Bonchev–Trinajstić information content (AvgIpc) is 2.51. The number of fused-ring (bicyclic) bond motifs is 1. The van der Waals surface area contributed by atoms with Gasteiger partial charge < -0.3 is 24.8 Å². The zero-order chi connectivity index (χ0) is 15.9. The number of nitrogens with one attached hydrogen (secondary N) is 1. The van der Waals surface area contributed by atoms with Crippen LogP contribution >= 0.6 is 0 Å². The van der Waals surface area contributed by atoms with Crippen molar-refractivity contribution in [3.8, 4) is 0 Å². The van der Waals surface area contributed by atoms with E-state index in [1.165, 1.54) is 6.42 Å². The number of ether oxygens (including phenoxy) is 1. The Labute approximate surface area is 134 Å². The second-order valence-electron chi connectivity index (χ2n) is 6.74. The molecule has 6 nitrogen and oxygen atoms in total. The maximum absolute atomic E-state index is 12.5. The summed E-state index contributed by atoms with van der Waals surface area (Å²) < 4.78 is 5.06. The van der Waals surface area contributed by atoms with Gasteiger partial charge in [0.25, 0.3) is 0 Å². The second-order valence-corrected chi connectivity index (χ2v) is 6.74. The number of carbonyl (C=O) groups is 1. The van der Waals surface area contributed by atoms with Gasteiger partial charge in [0.1, 0.15) is 0 Å². The zero-order valence-electron chi connectivity index (χ0n) is 14.4. The van der Waals surface area contributed by atoms with Crippen molar-refractivity contribution in [1.29, 1.82) is 0 Å². The van der Waals surface area contributed by atoms with E-state index in [1.54, 1.807) is 7.11 Å². The Bertz CT molecular complexity index is 353. The van der Waals surface area contributed by atoms with Crippen molar-refractivity contribution in [3.63, 3.8) is 0 Å². The fraction of sp³-hybridized carbons (Fsp3) is 0.938. The highest BCUT2D eigenvalue weighted by Gasteiger charge is 2.37. The smallest absolute Gasteiger partial charge is 0.317 e.